The highest BCUT2D eigenvalue weighted by atomic mass is 14.9. The van der Waals surface area contributed by atoms with Crippen molar-refractivity contribution in [1.29, 1.82) is 0 Å². The molecule has 0 saturated carbocycles. The molecule has 0 aliphatic carbocycles. The topological polar surface area (TPSA) is 4.41 Å². The van der Waals surface area contributed by atoms with Gasteiger partial charge < -0.3 is 4.40 Å². The number of hydrogen-bond acceptors (Lipinski definition) is 0. The van der Waals surface area contributed by atoms with Crippen LogP contribution in [0.1, 0.15) is 22.4 Å². The maximum absolute atomic E-state index is 3.87. The number of aromatic nitrogens is 1. The minimum Gasteiger partial charge on any atom is -0.309 e. The second-order valence-corrected chi connectivity index (χ2v) is 5.75. The lowest BCUT2D eigenvalue weighted by atomic mass is 10.1. The molecule has 110 valence electrons. The van der Waals surface area contributed by atoms with Gasteiger partial charge in [-0.3, -0.25) is 0 Å². The van der Waals surface area contributed by atoms with E-state index in [2.05, 4.69) is 68.7 Å². The molecule has 0 radical (unpaired) electrons. The Balaban J connectivity index is 2.63. The summed E-state index contributed by atoms with van der Waals surface area (Å²) in [5.74, 6) is 0. The highest BCUT2D eigenvalue weighted by Gasteiger charge is 2.16. The van der Waals surface area contributed by atoms with Crippen molar-refractivity contribution in [2.24, 2.45) is 0 Å². The zero-order valence-electron chi connectivity index (χ0n) is 13.5. The van der Waals surface area contributed by atoms with Crippen LogP contribution in [0.4, 0.5) is 0 Å². The van der Waals surface area contributed by atoms with Gasteiger partial charge in [-0.15, -0.1) is 0 Å². The van der Waals surface area contributed by atoms with E-state index >= 15 is 0 Å². The lowest BCUT2D eigenvalue weighted by molar-refractivity contribution is 1.24. The molecule has 0 unspecified atom stereocenters. The maximum atomic E-state index is 3.87. The molecule has 3 aromatic rings. The van der Waals surface area contributed by atoms with Crippen molar-refractivity contribution in [3.63, 3.8) is 0 Å². The summed E-state index contributed by atoms with van der Waals surface area (Å²) in [7, 11) is 0. The predicted octanol–water partition coefficient (Wildman–Crippen LogP) is 4.90. The Hall–Kier alpha value is -2.54. The first-order chi connectivity index (χ1) is 10.6. The lowest BCUT2D eigenvalue weighted by Crippen LogP contribution is -2.01. The number of allylic oxidation sites excluding steroid dienone is 3. The normalized spacial score (nSPS) is 12.8. The van der Waals surface area contributed by atoms with Gasteiger partial charge in [-0.2, -0.15) is 0 Å². The molecule has 22 heavy (non-hydrogen) atoms. The van der Waals surface area contributed by atoms with Gasteiger partial charge in [-0.1, -0.05) is 49.6 Å². The van der Waals surface area contributed by atoms with Crippen molar-refractivity contribution in [3.8, 4) is 0 Å². The van der Waals surface area contributed by atoms with Crippen molar-refractivity contribution in [2.75, 3.05) is 0 Å². The third-order valence-electron chi connectivity index (χ3n) is 4.34. The van der Waals surface area contributed by atoms with E-state index in [0.717, 1.165) is 0 Å². The molecular weight excluding hydrogens is 266 g/mol. The first kappa shape index (κ1) is 14.4. The molecule has 3 rings (SSSR count). The van der Waals surface area contributed by atoms with Crippen LogP contribution in [0.2, 0.25) is 0 Å². The predicted molar refractivity (Wildman–Crippen MR) is 98.2 cm³/mol. The van der Waals surface area contributed by atoms with Crippen LogP contribution in [0.3, 0.4) is 0 Å². The molecule has 0 atom stereocenters. The first-order valence-corrected chi connectivity index (χ1v) is 7.55. The van der Waals surface area contributed by atoms with Crippen molar-refractivity contribution >= 4 is 28.6 Å². The van der Waals surface area contributed by atoms with Gasteiger partial charge in [0.1, 0.15) is 0 Å². The lowest BCUT2D eigenvalue weighted by Gasteiger charge is -2.00. The van der Waals surface area contributed by atoms with E-state index < -0.39 is 0 Å². The van der Waals surface area contributed by atoms with Gasteiger partial charge >= 0.3 is 0 Å². The third kappa shape index (κ3) is 1.93. The summed E-state index contributed by atoms with van der Waals surface area (Å²) in [6.07, 6.45) is 9.92. The van der Waals surface area contributed by atoms with Gasteiger partial charge in [0, 0.05) is 16.3 Å². The number of benzene rings is 1. The summed E-state index contributed by atoms with van der Waals surface area (Å²) >= 11 is 0. The fourth-order valence-corrected chi connectivity index (χ4v) is 3.30. The second kappa shape index (κ2) is 5.34. The van der Waals surface area contributed by atoms with Gasteiger partial charge in [-0.05, 0) is 49.6 Å². The molecule has 0 N–H and O–H groups in total. The molecule has 0 saturated heterocycles. The Morgan fingerprint density at radius 3 is 2.45 bits per heavy atom. The summed E-state index contributed by atoms with van der Waals surface area (Å²) in [5, 5.41) is 2.57. The molecule has 0 amide bonds. The molecule has 1 nitrogen and oxygen atoms in total. The zero-order valence-corrected chi connectivity index (χ0v) is 13.5. The van der Waals surface area contributed by atoms with Crippen LogP contribution in [0.15, 0.2) is 49.6 Å². The van der Waals surface area contributed by atoms with Crippen LogP contribution in [-0.2, 0) is 0 Å². The average Bonchev–Trinajstić information content (AvgIpc) is 2.92. The van der Waals surface area contributed by atoms with Crippen molar-refractivity contribution in [2.45, 2.75) is 20.8 Å². The minimum absolute atomic E-state index is 1.21. The van der Waals surface area contributed by atoms with Gasteiger partial charge in [0.05, 0.1) is 11.0 Å². The molecular formula is C21H21N. The first-order valence-electron chi connectivity index (χ1n) is 7.55. The summed E-state index contributed by atoms with van der Waals surface area (Å²) in [4.78, 5) is 0. The van der Waals surface area contributed by atoms with E-state index in [1.807, 2.05) is 18.2 Å². The maximum Gasteiger partial charge on any atom is 0.0573 e. The smallest absolute Gasteiger partial charge is 0.0573 e. The van der Waals surface area contributed by atoms with Gasteiger partial charge in [0.2, 0.25) is 0 Å². The van der Waals surface area contributed by atoms with Gasteiger partial charge in [0.25, 0.3) is 0 Å². The Morgan fingerprint density at radius 2 is 1.77 bits per heavy atom. The fourth-order valence-electron chi connectivity index (χ4n) is 3.30. The van der Waals surface area contributed by atoms with Crippen molar-refractivity contribution < 1.29 is 0 Å². The van der Waals surface area contributed by atoms with Crippen LogP contribution in [0.5, 0.6) is 0 Å². The third-order valence-corrected chi connectivity index (χ3v) is 4.34. The molecule has 0 fully saturated rings. The Labute approximate surface area is 131 Å². The second-order valence-electron chi connectivity index (χ2n) is 5.75. The van der Waals surface area contributed by atoms with Gasteiger partial charge in [0.15, 0.2) is 0 Å². The summed E-state index contributed by atoms with van der Waals surface area (Å²) in [6.45, 7) is 14.2. The van der Waals surface area contributed by atoms with E-state index in [1.165, 1.54) is 44.0 Å². The average molecular weight is 287 g/mol. The quantitative estimate of drug-likeness (QED) is 0.603. The Morgan fingerprint density at radius 1 is 1.00 bits per heavy atom. The molecule has 0 aliphatic heterocycles. The molecule has 2 heterocycles. The zero-order chi connectivity index (χ0) is 15.9. The van der Waals surface area contributed by atoms with E-state index in [-0.39, 0.29) is 0 Å². The summed E-state index contributed by atoms with van der Waals surface area (Å²) in [5.41, 5.74) is 7.64. The van der Waals surface area contributed by atoms with Crippen molar-refractivity contribution in [3.05, 3.63) is 77.2 Å². The monoisotopic (exact) mass is 287 g/mol. The molecule has 1 heteroatoms. The minimum atomic E-state index is 1.21. The molecule has 1 aromatic carbocycles. The molecule has 2 aromatic heterocycles. The summed E-state index contributed by atoms with van der Waals surface area (Å²) in [6, 6.07) is 6.66. The molecule has 0 aliphatic rings. The van der Waals surface area contributed by atoms with Crippen LogP contribution in [-0.4, -0.2) is 4.40 Å². The van der Waals surface area contributed by atoms with Crippen LogP contribution in [0, 0.1) is 20.8 Å². The van der Waals surface area contributed by atoms with E-state index in [9.17, 15) is 0 Å². The SMILES string of the molecule is C=C/C=C\c1c(C)/c(=C/C=C)c2c(C)c3ccc(C)cc3n12. The van der Waals surface area contributed by atoms with E-state index in [4.69, 9.17) is 0 Å². The van der Waals surface area contributed by atoms with Crippen LogP contribution < -0.4 is 5.22 Å². The number of nitrogens with zero attached hydrogens (tertiary/aromatic N) is 1. The molecule has 0 bridgehead atoms. The van der Waals surface area contributed by atoms with Crippen LogP contribution in [0.25, 0.3) is 28.6 Å². The number of hydrogen-bond donors (Lipinski definition) is 0. The van der Waals surface area contributed by atoms with Gasteiger partial charge in [-0.25, -0.2) is 0 Å². The Kier molecular flexibility index (Phi) is 3.50. The molecule has 0 spiro atoms. The van der Waals surface area contributed by atoms with Crippen molar-refractivity contribution in [1.82, 2.24) is 4.40 Å². The largest absolute Gasteiger partial charge is 0.309 e. The highest BCUT2D eigenvalue weighted by Crippen LogP contribution is 2.29. The van der Waals surface area contributed by atoms with E-state index in [1.54, 1.807) is 0 Å². The number of rotatable bonds is 3. The van der Waals surface area contributed by atoms with E-state index in [0.29, 0.717) is 0 Å². The Bertz CT molecular complexity index is 981. The van der Waals surface area contributed by atoms with Crippen LogP contribution >= 0.6 is 0 Å². The summed E-state index contributed by atoms with van der Waals surface area (Å²) < 4.78 is 2.36. The standard InChI is InChI=1S/C21H21N/c1-6-8-10-19-15(4)18(9-7-2)21-16(5)17-12-11-14(3)13-20(17)22(19)21/h6-13H,1-2H2,3-5H3/b10-8-,18-9-. The fraction of sp³-hybridized carbons (Fsp3) is 0.143. The number of aryl methyl sites for hydroxylation is 2. The number of fused-ring (bicyclic) bond motifs is 3. The highest BCUT2D eigenvalue weighted by molar-refractivity contribution is 5.95.